The van der Waals surface area contributed by atoms with Crippen molar-refractivity contribution < 1.29 is 38.2 Å². The summed E-state index contributed by atoms with van der Waals surface area (Å²) in [6.07, 6.45) is 0.518. The number of nitrogens with one attached hydrogen (secondary N) is 2. The molecule has 1 unspecified atom stereocenters. The lowest BCUT2D eigenvalue weighted by Gasteiger charge is -2.41. The maximum Gasteiger partial charge on any atom is 0.328 e. The van der Waals surface area contributed by atoms with E-state index < -0.39 is 66.3 Å². The van der Waals surface area contributed by atoms with Gasteiger partial charge in [-0.05, 0) is 50.2 Å². The Bertz CT molecular complexity index is 1230. The fourth-order valence-corrected chi connectivity index (χ4v) is 7.34. The molecule has 16 heteroatoms. The van der Waals surface area contributed by atoms with Crippen LogP contribution in [0.15, 0.2) is 5.11 Å². The van der Waals surface area contributed by atoms with E-state index in [2.05, 4.69) is 20.7 Å². The van der Waals surface area contributed by atoms with Gasteiger partial charge < -0.3 is 34.6 Å². The van der Waals surface area contributed by atoms with Crippen LogP contribution in [0.25, 0.3) is 10.4 Å². The van der Waals surface area contributed by atoms with Crippen LogP contribution < -0.4 is 10.6 Å². The van der Waals surface area contributed by atoms with Crippen molar-refractivity contribution in [3.05, 3.63) is 10.4 Å². The molecule has 0 aromatic carbocycles. The average Bonchev–Trinajstić information content (AvgIpc) is 3.57. The zero-order valence-electron chi connectivity index (χ0n) is 33.9. The number of carbonyl (C=O) groups is 5. The van der Waals surface area contributed by atoms with Gasteiger partial charge in [0.2, 0.25) is 23.6 Å². The first kappa shape index (κ1) is 46.6. The van der Waals surface area contributed by atoms with Gasteiger partial charge in [0.25, 0.3) is 0 Å². The van der Waals surface area contributed by atoms with Crippen molar-refractivity contribution in [3.8, 4) is 0 Å². The molecule has 1 saturated heterocycles. The van der Waals surface area contributed by atoms with Crippen LogP contribution in [0.5, 0.6) is 0 Å². The molecule has 0 aromatic heterocycles. The molecule has 16 nitrogen and oxygen atoms in total. The molecule has 0 saturated carbocycles. The van der Waals surface area contributed by atoms with Gasteiger partial charge in [-0.3, -0.25) is 24.1 Å². The van der Waals surface area contributed by atoms with Crippen LogP contribution in [-0.2, 0) is 38.2 Å². The summed E-state index contributed by atoms with van der Waals surface area (Å²) in [5.74, 6) is -3.07. The Balaban J connectivity index is 3.38. The molecular weight excluding hydrogens is 672 g/mol. The lowest BCUT2D eigenvalue weighted by atomic mass is 9.89. The van der Waals surface area contributed by atoms with E-state index in [4.69, 9.17) is 14.2 Å². The van der Waals surface area contributed by atoms with Crippen LogP contribution in [0.3, 0.4) is 0 Å². The molecule has 0 aliphatic carbocycles. The van der Waals surface area contributed by atoms with Crippen molar-refractivity contribution in [1.82, 2.24) is 25.3 Å². The van der Waals surface area contributed by atoms with E-state index in [9.17, 15) is 29.5 Å². The SMILES string of the molecule is CC[C@H](C)[C@@H]([C@@H](CC(=O)N1CCC[C@H]1[C@H](OC)[C@@H](C)C(=O)N[C@H](C(=O)OC)C(C)C)OC)N(C)C(=O)[C@@H](NC(=O)[C@H](C(C)C)N(C)C)C(C)N=[N+]=[N-]. The number of hydrogen-bond donors (Lipinski definition) is 2. The number of likely N-dealkylation sites (tertiary alicyclic amines) is 1. The minimum atomic E-state index is -1.16. The highest BCUT2D eigenvalue weighted by Crippen LogP contribution is 2.30. The Labute approximate surface area is 310 Å². The second kappa shape index (κ2) is 21.9. The minimum absolute atomic E-state index is 0.0590. The van der Waals surface area contributed by atoms with Gasteiger partial charge in [0.15, 0.2) is 0 Å². The van der Waals surface area contributed by atoms with E-state index in [0.29, 0.717) is 25.8 Å². The molecule has 1 fully saturated rings. The molecule has 0 radical (unpaired) electrons. The predicted molar refractivity (Wildman–Crippen MR) is 198 cm³/mol. The number of carbonyl (C=O) groups excluding carboxylic acids is 5. The third kappa shape index (κ3) is 12.0. The number of hydrogen-bond acceptors (Lipinski definition) is 10. The number of ether oxygens (including phenoxy) is 3. The van der Waals surface area contributed by atoms with Crippen molar-refractivity contribution >= 4 is 29.6 Å². The summed E-state index contributed by atoms with van der Waals surface area (Å²) in [5, 5.41) is 9.40. The third-order valence-electron chi connectivity index (χ3n) is 10.4. The summed E-state index contributed by atoms with van der Waals surface area (Å²) in [6.45, 7) is 15.1. The molecule has 52 heavy (non-hydrogen) atoms. The van der Waals surface area contributed by atoms with Gasteiger partial charge in [0, 0.05) is 32.7 Å². The van der Waals surface area contributed by atoms with Crippen LogP contribution in [0.2, 0.25) is 0 Å². The fraction of sp³-hybridized carbons (Fsp3) is 0.861. The molecule has 10 atom stereocenters. The maximum atomic E-state index is 14.3. The Morgan fingerprint density at radius 2 is 1.50 bits per heavy atom. The zero-order valence-corrected chi connectivity index (χ0v) is 33.9. The largest absolute Gasteiger partial charge is 0.467 e. The summed E-state index contributed by atoms with van der Waals surface area (Å²) in [6, 6.07) is -4.43. The lowest BCUT2D eigenvalue weighted by Crippen LogP contribution is -2.60. The van der Waals surface area contributed by atoms with Crippen LogP contribution in [0.4, 0.5) is 0 Å². The fourth-order valence-electron chi connectivity index (χ4n) is 7.34. The van der Waals surface area contributed by atoms with E-state index in [1.54, 1.807) is 44.8 Å². The number of rotatable bonds is 21. The van der Waals surface area contributed by atoms with Gasteiger partial charge in [0.1, 0.15) is 12.1 Å². The van der Waals surface area contributed by atoms with Gasteiger partial charge in [-0.15, -0.1) is 0 Å². The summed E-state index contributed by atoms with van der Waals surface area (Å²) in [7, 11) is 9.45. The van der Waals surface area contributed by atoms with E-state index in [-0.39, 0.29) is 41.9 Å². The van der Waals surface area contributed by atoms with Crippen LogP contribution >= 0.6 is 0 Å². The normalized spacial score (nSPS) is 19.8. The van der Waals surface area contributed by atoms with Crippen molar-refractivity contribution in [2.75, 3.05) is 49.0 Å². The molecule has 0 spiro atoms. The standard InChI is InChI=1S/C36H66N8O8/c1-15-22(6)31(43(11)35(48)29(24(8)40-41-37)39-34(47)30(21(4)5)42(9)10)26(50-12)19-27(45)44-18-16-17-25(44)32(51-13)23(7)33(46)38-28(20(2)3)36(49)52-14/h20-26,28-32H,15-19H2,1-14H3,(H,38,46)(H,39,47)/t22-,23+,24?,25-,26+,28-,29-,30-,31-,32+/m0/s1. The molecule has 0 aromatic rings. The van der Waals surface area contributed by atoms with E-state index in [1.807, 2.05) is 41.5 Å². The topological polar surface area (TPSA) is 196 Å². The summed E-state index contributed by atoms with van der Waals surface area (Å²) in [5.41, 5.74) is 9.23. The maximum absolute atomic E-state index is 14.3. The van der Waals surface area contributed by atoms with Gasteiger partial charge in [-0.1, -0.05) is 66.9 Å². The first-order chi connectivity index (χ1) is 24.3. The number of amides is 4. The Kier molecular flexibility index (Phi) is 19.6. The average molecular weight is 739 g/mol. The molecule has 4 amide bonds. The second-order valence-electron chi connectivity index (χ2n) is 14.9. The summed E-state index contributed by atoms with van der Waals surface area (Å²) in [4.78, 5) is 75.4. The van der Waals surface area contributed by atoms with Gasteiger partial charge in [-0.25, -0.2) is 4.79 Å². The van der Waals surface area contributed by atoms with Crippen LogP contribution in [0, 0.1) is 23.7 Å². The minimum Gasteiger partial charge on any atom is -0.467 e. The first-order valence-corrected chi connectivity index (χ1v) is 18.4. The van der Waals surface area contributed by atoms with Crippen LogP contribution in [-0.4, -0.2) is 142 Å². The first-order valence-electron chi connectivity index (χ1n) is 18.4. The molecule has 1 aliphatic heterocycles. The number of esters is 1. The lowest BCUT2D eigenvalue weighted by molar-refractivity contribution is -0.149. The molecule has 0 bridgehead atoms. The Morgan fingerprint density at radius 3 is 1.96 bits per heavy atom. The van der Waals surface area contributed by atoms with Crippen LogP contribution in [0.1, 0.15) is 81.1 Å². The third-order valence-corrected chi connectivity index (χ3v) is 10.4. The van der Waals surface area contributed by atoms with E-state index in [1.165, 1.54) is 26.2 Å². The van der Waals surface area contributed by atoms with E-state index in [0.717, 1.165) is 0 Å². The Hall–Kier alpha value is -3.46. The van der Waals surface area contributed by atoms with Gasteiger partial charge >= 0.3 is 5.97 Å². The highest BCUT2D eigenvalue weighted by Gasteiger charge is 2.44. The summed E-state index contributed by atoms with van der Waals surface area (Å²) < 4.78 is 16.7. The number of methoxy groups -OCH3 is 3. The van der Waals surface area contributed by atoms with Crippen molar-refractivity contribution in [3.63, 3.8) is 0 Å². The predicted octanol–water partition coefficient (Wildman–Crippen LogP) is 2.99. The van der Waals surface area contributed by atoms with E-state index >= 15 is 0 Å². The number of likely N-dealkylation sites (N-methyl/N-ethyl adjacent to an activating group) is 2. The highest BCUT2D eigenvalue weighted by molar-refractivity contribution is 5.91. The van der Waals surface area contributed by atoms with Gasteiger partial charge in [0.05, 0.1) is 55.8 Å². The second-order valence-corrected chi connectivity index (χ2v) is 14.9. The number of nitrogens with zero attached hydrogens (tertiary/aromatic N) is 6. The van der Waals surface area contributed by atoms with Gasteiger partial charge in [-0.2, -0.15) is 0 Å². The highest BCUT2D eigenvalue weighted by atomic mass is 16.5. The Morgan fingerprint density at radius 1 is 0.904 bits per heavy atom. The molecule has 1 heterocycles. The summed E-state index contributed by atoms with van der Waals surface area (Å²) >= 11 is 0. The molecule has 298 valence electrons. The zero-order chi connectivity index (χ0) is 40.0. The smallest absolute Gasteiger partial charge is 0.328 e. The number of azide groups is 1. The molecule has 1 rings (SSSR count). The quantitative estimate of drug-likeness (QED) is 0.0770. The van der Waals surface area contributed by atoms with Crippen molar-refractivity contribution in [2.24, 2.45) is 28.8 Å². The molecule has 1 aliphatic rings. The van der Waals surface area contributed by atoms with Crippen molar-refractivity contribution in [2.45, 2.75) is 130 Å². The monoisotopic (exact) mass is 739 g/mol. The molecule has 2 N–H and O–H groups in total. The van der Waals surface area contributed by atoms with Crippen molar-refractivity contribution in [1.29, 1.82) is 0 Å². The molecular formula is C36H66N8O8.